The molecule has 0 aromatic rings. The fourth-order valence-electron chi connectivity index (χ4n) is 1.79. The molecule has 74 valence electrons. The molecule has 2 amide bonds. The largest absolute Gasteiger partial charge is 0.354 e. The monoisotopic (exact) mass is 187 g/mol. The Bertz CT molecular complexity index is 235. The van der Waals surface area contributed by atoms with Crippen molar-refractivity contribution in [3.05, 3.63) is 0 Å². The van der Waals surface area contributed by atoms with Crippen molar-refractivity contribution in [1.29, 1.82) is 0 Å². The number of hydrogen-bond donors (Lipinski definition) is 3. The summed E-state index contributed by atoms with van der Waals surface area (Å²) in [5.41, 5.74) is 4.74. The smallest absolute Gasteiger partial charge is 0.319 e. The van der Waals surface area contributed by atoms with E-state index in [0.29, 0.717) is 13.0 Å². The number of fused-ring (bicyclic) bond motifs is 1. The number of urea groups is 1. The van der Waals surface area contributed by atoms with Gasteiger partial charge in [0.15, 0.2) is 12.0 Å². The molecule has 13 heavy (non-hydrogen) atoms. The third-order valence-electron chi connectivity index (χ3n) is 2.50. The molecule has 6 nitrogen and oxygen atoms in total. The minimum absolute atomic E-state index is 0.0574. The fraction of sp³-hybridized carbons (Fsp3) is 0.857. The summed E-state index contributed by atoms with van der Waals surface area (Å²) in [6.45, 7) is 0.430. The number of carbonyl (C=O) groups is 1. The molecular weight excluding hydrogens is 174 g/mol. The van der Waals surface area contributed by atoms with Crippen LogP contribution in [0.4, 0.5) is 4.79 Å². The Morgan fingerprint density at radius 3 is 3.15 bits per heavy atom. The van der Waals surface area contributed by atoms with Crippen LogP contribution >= 0.6 is 0 Å². The first-order valence-electron chi connectivity index (χ1n) is 4.19. The fourth-order valence-corrected chi connectivity index (χ4v) is 1.79. The van der Waals surface area contributed by atoms with Crippen molar-refractivity contribution in [2.45, 2.75) is 24.5 Å². The van der Waals surface area contributed by atoms with Crippen LogP contribution in [0.1, 0.15) is 6.42 Å². The molecule has 2 saturated heterocycles. The van der Waals surface area contributed by atoms with Crippen LogP contribution in [-0.2, 0) is 9.47 Å². The number of amides is 2. The van der Waals surface area contributed by atoms with Gasteiger partial charge in [-0.1, -0.05) is 0 Å². The van der Waals surface area contributed by atoms with Gasteiger partial charge in [0.05, 0.1) is 6.10 Å². The van der Waals surface area contributed by atoms with E-state index >= 15 is 0 Å². The molecule has 4 N–H and O–H groups in total. The molecule has 0 saturated carbocycles. The number of methoxy groups -OCH3 is 1. The molecule has 0 spiro atoms. The highest BCUT2D eigenvalue weighted by Crippen LogP contribution is 2.32. The normalized spacial score (nSPS) is 42.8. The molecule has 2 rings (SSSR count). The van der Waals surface area contributed by atoms with Crippen LogP contribution in [0.15, 0.2) is 0 Å². The van der Waals surface area contributed by atoms with Gasteiger partial charge in [-0.2, -0.15) is 0 Å². The molecule has 6 heteroatoms. The van der Waals surface area contributed by atoms with Crippen LogP contribution in [0.25, 0.3) is 0 Å². The van der Waals surface area contributed by atoms with Crippen LogP contribution < -0.4 is 16.4 Å². The number of carbonyl (C=O) groups excluding carboxylic acids is 1. The van der Waals surface area contributed by atoms with Crippen LogP contribution in [-0.4, -0.2) is 37.7 Å². The van der Waals surface area contributed by atoms with Crippen molar-refractivity contribution in [1.82, 2.24) is 10.6 Å². The van der Waals surface area contributed by atoms with Crippen LogP contribution in [0, 0.1) is 0 Å². The van der Waals surface area contributed by atoms with E-state index in [0.717, 1.165) is 0 Å². The van der Waals surface area contributed by atoms with E-state index in [1.807, 2.05) is 0 Å². The summed E-state index contributed by atoms with van der Waals surface area (Å²) in [6, 6.07) is -0.262. The Labute approximate surface area is 75.7 Å². The lowest BCUT2D eigenvalue weighted by Gasteiger charge is -2.23. The van der Waals surface area contributed by atoms with E-state index < -0.39 is 12.0 Å². The maximum Gasteiger partial charge on any atom is 0.319 e. The van der Waals surface area contributed by atoms with Crippen LogP contribution in [0.5, 0.6) is 0 Å². The summed E-state index contributed by atoms with van der Waals surface area (Å²) in [5, 5.41) is 5.31. The van der Waals surface area contributed by atoms with Gasteiger partial charge in [0.2, 0.25) is 0 Å². The van der Waals surface area contributed by atoms with Gasteiger partial charge in [-0.05, 0) is 0 Å². The Kier molecular flexibility index (Phi) is 1.90. The van der Waals surface area contributed by atoms with Crippen LogP contribution in [0.2, 0.25) is 0 Å². The number of ether oxygens (including phenoxy) is 2. The van der Waals surface area contributed by atoms with E-state index in [1.165, 1.54) is 0 Å². The van der Waals surface area contributed by atoms with E-state index in [2.05, 4.69) is 10.6 Å². The van der Waals surface area contributed by atoms with Gasteiger partial charge in [0.1, 0.15) is 0 Å². The topological polar surface area (TPSA) is 85.6 Å². The van der Waals surface area contributed by atoms with Gasteiger partial charge in [0.25, 0.3) is 0 Å². The summed E-state index contributed by atoms with van der Waals surface area (Å²) < 4.78 is 10.7. The zero-order chi connectivity index (χ0) is 9.47. The number of nitrogens with two attached hydrogens (primary N) is 1. The molecule has 0 aliphatic carbocycles. The molecule has 0 bridgehead atoms. The van der Waals surface area contributed by atoms with Crippen molar-refractivity contribution in [2.24, 2.45) is 5.73 Å². The van der Waals surface area contributed by atoms with E-state index in [9.17, 15) is 4.79 Å². The highest BCUT2D eigenvalue weighted by atomic mass is 16.6. The van der Waals surface area contributed by atoms with Gasteiger partial charge in [-0.25, -0.2) is 4.79 Å². The van der Waals surface area contributed by atoms with E-state index in [1.54, 1.807) is 7.11 Å². The second-order valence-corrected chi connectivity index (χ2v) is 3.27. The summed E-state index contributed by atoms with van der Waals surface area (Å²) in [5.74, 6) is 0. The SMILES string of the molecule is COC12CC(CN)OC1NC(=O)N2. The van der Waals surface area contributed by atoms with Crippen molar-refractivity contribution in [2.75, 3.05) is 13.7 Å². The lowest BCUT2D eigenvalue weighted by molar-refractivity contribution is -0.0720. The number of nitrogens with one attached hydrogen (secondary N) is 2. The van der Waals surface area contributed by atoms with Gasteiger partial charge in [0, 0.05) is 20.1 Å². The van der Waals surface area contributed by atoms with E-state index in [4.69, 9.17) is 15.2 Å². The quantitative estimate of drug-likeness (QED) is 0.502. The Morgan fingerprint density at radius 2 is 2.62 bits per heavy atom. The van der Waals surface area contributed by atoms with Crippen molar-refractivity contribution < 1.29 is 14.3 Å². The second-order valence-electron chi connectivity index (χ2n) is 3.27. The zero-order valence-corrected chi connectivity index (χ0v) is 7.37. The summed E-state index contributed by atoms with van der Waals surface area (Å²) in [6.07, 6.45) is 0.111. The molecule has 3 unspecified atom stereocenters. The summed E-state index contributed by atoms with van der Waals surface area (Å²) in [4.78, 5) is 11.0. The minimum Gasteiger partial charge on any atom is -0.354 e. The minimum atomic E-state index is -0.721. The lowest BCUT2D eigenvalue weighted by atomic mass is 10.1. The molecule has 3 atom stereocenters. The Morgan fingerprint density at radius 1 is 1.85 bits per heavy atom. The first-order chi connectivity index (χ1) is 6.20. The Balaban J connectivity index is 2.15. The lowest BCUT2D eigenvalue weighted by Crippen LogP contribution is -2.47. The molecular formula is C7H13N3O3. The van der Waals surface area contributed by atoms with Gasteiger partial charge in [-0.3, -0.25) is 0 Å². The predicted octanol–water partition coefficient (Wildman–Crippen LogP) is -1.28. The van der Waals surface area contributed by atoms with Gasteiger partial charge in [-0.15, -0.1) is 0 Å². The average Bonchev–Trinajstić information content (AvgIpc) is 2.57. The highest BCUT2D eigenvalue weighted by Gasteiger charge is 2.55. The third kappa shape index (κ3) is 1.18. The first-order valence-corrected chi connectivity index (χ1v) is 4.19. The summed E-state index contributed by atoms with van der Waals surface area (Å²) in [7, 11) is 1.54. The number of hydrogen-bond acceptors (Lipinski definition) is 4. The molecule has 2 aliphatic rings. The van der Waals surface area contributed by atoms with Crippen LogP contribution in [0.3, 0.4) is 0 Å². The Hall–Kier alpha value is -0.850. The van der Waals surface area contributed by atoms with Gasteiger partial charge >= 0.3 is 6.03 Å². The summed E-state index contributed by atoms with van der Waals surface area (Å²) >= 11 is 0. The maximum atomic E-state index is 11.0. The first kappa shape index (κ1) is 8.74. The van der Waals surface area contributed by atoms with E-state index in [-0.39, 0.29) is 12.1 Å². The van der Waals surface area contributed by atoms with Crippen molar-refractivity contribution in [3.63, 3.8) is 0 Å². The second kappa shape index (κ2) is 2.83. The molecule has 0 aromatic carbocycles. The molecule has 0 radical (unpaired) electrons. The van der Waals surface area contributed by atoms with Gasteiger partial charge < -0.3 is 25.8 Å². The predicted molar refractivity (Wildman–Crippen MR) is 43.7 cm³/mol. The molecule has 2 aliphatic heterocycles. The van der Waals surface area contributed by atoms with Crippen molar-refractivity contribution in [3.8, 4) is 0 Å². The zero-order valence-electron chi connectivity index (χ0n) is 7.37. The molecule has 2 heterocycles. The standard InChI is InChI=1S/C7H13N3O3/c1-12-7-2-4(3-8)13-5(7)9-6(11)10-7/h4-5H,2-3,8H2,1H3,(H2,9,10,11). The third-order valence-corrected chi connectivity index (χ3v) is 2.50. The molecule has 2 fully saturated rings. The van der Waals surface area contributed by atoms with Crippen molar-refractivity contribution >= 4 is 6.03 Å². The highest BCUT2D eigenvalue weighted by molar-refractivity contribution is 5.77. The average molecular weight is 187 g/mol. The molecule has 0 aromatic heterocycles. The maximum absolute atomic E-state index is 11.0. The number of rotatable bonds is 2.